The predicted octanol–water partition coefficient (Wildman–Crippen LogP) is 1.43. The first-order valence-corrected chi connectivity index (χ1v) is 7.64. The van der Waals surface area contributed by atoms with E-state index in [1.165, 1.54) is 13.0 Å². The van der Waals surface area contributed by atoms with E-state index in [1.807, 2.05) is 0 Å². The Bertz CT molecular complexity index is 542. The minimum Gasteiger partial charge on any atom is -0.352 e. The zero-order valence-corrected chi connectivity index (χ0v) is 13.0. The fraction of sp³-hybridized carbons (Fsp3) is 0.600. The molecule has 128 valence electrons. The van der Waals surface area contributed by atoms with E-state index in [2.05, 4.69) is 20.5 Å². The largest absolute Gasteiger partial charge is 0.433 e. The van der Waals surface area contributed by atoms with Gasteiger partial charge in [-0.25, -0.2) is 4.98 Å². The molecule has 1 aromatic heterocycles. The van der Waals surface area contributed by atoms with Crippen molar-refractivity contribution in [1.29, 1.82) is 0 Å². The number of hydrogen-bond donors (Lipinski definition) is 2. The molecule has 1 aliphatic heterocycles. The van der Waals surface area contributed by atoms with Crippen molar-refractivity contribution in [1.82, 2.24) is 20.5 Å². The summed E-state index contributed by atoms with van der Waals surface area (Å²) in [5.41, 5.74) is -0.718. The van der Waals surface area contributed by atoms with Crippen LogP contribution in [0.4, 0.5) is 13.2 Å². The first-order chi connectivity index (χ1) is 10.9. The van der Waals surface area contributed by atoms with Crippen molar-refractivity contribution in [3.8, 4) is 0 Å². The Labute approximate surface area is 133 Å². The second-order valence-electron chi connectivity index (χ2n) is 5.53. The highest BCUT2D eigenvalue weighted by molar-refractivity contribution is 5.95. The summed E-state index contributed by atoms with van der Waals surface area (Å²) in [6.45, 7) is 6.73. The van der Waals surface area contributed by atoms with Crippen molar-refractivity contribution in [2.24, 2.45) is 0 Å². The summed E-state index contributed by atoms with van der Waals surface area (Å²) < 4.78 is 37.7. The van der Waals surface area contributed by atoms with Crippen LogP contribution < -0.4 is 10.6 Å². The van der Waals surface area contributed by atoms with Gasteiger partial charge in [-0.2, -0.15) is 13.2 Å². The molecule has 1 saturated heterocycles. The van der Waals surface area contributed by atoms with Gasteiger partial charge in [-0.05, 0) is 32.0 Å². The van der Waals surface area contributed by atoms with Crippen molar-refractivity contribution >= 4 is 5.91 Å². The molecule has 1 aliphatic rings. The number of halogens is 3. The zero-order chi connectivity index (χ0) is 16.9. The number of carbonyl (C=O) groups excluding carboxylic acids is 1. The second-order valence-corrected chi connectivity index (χ2v) is 5.53. The van der Waals surface area contributed by atoms with Crippen LogP contribution in [0.2, 0.25) is 0 Å². The highest BCUT2D eigenvalue weighted by Gasteiger charge is 2.33. The van der Waals surface area contributed by atoms with Crippen LogP contribution >= 0.6 is 0 Å². The van der Waals surface area contributed by atoms with Gasteiger partial charge < -0.3 is 15.5 Å². The predicted molar refractivity (Wildman–Crippen MR) is 80.2 cm³/mol. The maximum Gasteiger partial charge on any atom is 0.433 e. The monoisotopic (exact) mass is 330 g/mol. The lowest BCUT2D eigenvalue weighted by Crippen LogP contribution is -2.44. The lowest BCUT2D eigenvalue weighted by atomic mass is 10.1. The fourth-order valence-electron chi connectivity index (χ4n) is 2.49. The van der Waals surface area contributed by atoms with Crippen molar-refractivity contribution in [3.05, 3.63) is 29.1 Å². The highest BCUT2D eigenvalue weighted by Crippen LogP contribution is 2.28. The Hall–Kier alpha value is -1.67. The Morgan fingerprint density at radius 3 is 2.65 bits per heavy atom. The number of carbonyl (C=O) groups is 1. The summed E-state index contributed by atoms with van der Waals surface area (Å²) in [6.07, 6.45) is -3.69. The Morgan fingerprint density at radius 1 is 1.35 bits per heavy atom. The molecule has 1 aromatic rings. The molecule has 23 heavy (non-hydrogen) atoms. The summed E-state index contributed by atoms with van der Waals surface area (Å²) in [7, 11) is 0. The molecule has 2 N–H and O–H groups in total. The lowest BCUT2D eigenvalue weighted by molar-refractivity contribution is -0.141. The Kier molecular flexibility index (Phi) is 5.95. The van der Waals surface area contributed by atoms with Crippen molar-refractivity contribution < 1.29 is 18.0 Å². The maximum absolute atomic E-state index is 12.6. The van der Waals surface area contributed by atoms with Crippen LogP contribution in [0.1, 0.15) is 28.2 Å². The molecule has 2 rings (SSSR count). The minimum absolute atomic E-state index is 0.0828. The smallest absolute Gasteiger partial charge is 0.352 e. The number of rotatable bonds is 5. The quantitative estimate of drug-likeness (QED) is 0.802. The van der Waals surface area contributed by atoms with E-state index in [9.17, 15) is 18.0 Å². The number of alkyl halides is 3. The zero-order valence-electron chi connectivity index (χ0n) is 13.0. The molecule has 0 saturated carbocycles. The van der Waals surface area contributed by atoms with Crippen molar-refractivity contribution in [2.45, 2.75) is 19.5 Å². The number of pyridine rings is 1. The van der Waals surface area contributed by atoms with Gasteiger partial charge in [0.05, 0.1) is 11.3 Å². The van der Waals surface area contributed by atoms with E-state index in [0.717, 1.165) is 45.2 Å². The molecule has 0 aliphatic carbocycles. The lowest BCUT2D eigenvalue weighted by Gasteiger charge is -2.27. The second kappa shape index (κ2) is 7.74. The number of piperazine rings is 1. The summed E-state index contributed by atoms with van der Waals surface area (Å²) in [4.78, 5) is 17.8. The van der Waals surface area contributed by atoms with Crippen LogP contribution in [-0.2, 0) is 6.18 Å². The first-order valence-electron chi connectivity index (χ1n) is 7.64. The molecule has 0 unspecified atom stereocenters. The van der Waals surface area contributed by atoms with Gasteiger partial charge in [0.15, 0.2) is 0 Å². The van der Waals surface area contributed by atoms with Crippen molar-refractivity contribution in [2.75, 3.05) is 39.3 Å². The topological polar surface area (TPSA) is 57.3 Å². The Morgan fingerprint density at radius 2 is 2.04 bits per heavy atom. The van der Waals surface area contributed by atoms with Crippen LogP contribution in [0.3, 0.4) is 0 Å². The maximum atomic E-state index is 12.6. The summed E-state index contributed by atoms with van der Waals surface area (Å²) in [5.74, 6) is -0.385. The number of aromatic nitrogens is 1. The standard InChI is InChI=1S/C15H21F3N4O/c1-11-12(3-4-13(21-11)15(16,17)18)14(23)20-5-2-8-22-9-6-19-7-10-22/h3-4,19H,2,5-10H2,1H3,(H,20,23). The first kappa shape index (κ1) is 17.7. The van der Waals surface area contributed by atoms with Crippen LogP contribution in [0.15, 0.2) is 12.1 Å². The van der Waals surface area contributed by atoms with Gasteiger partial charge in [-0.3, -0.25) is 4.79 Å². The fourth-order valence-corrected chi connectivity index (χ4v) is 2.49. The third-order valence-electron chi connectivity index (χ3n) is 3.77. The summed E-state index contributed by atoms with van der Waals surface area (Å²) in [5, 5.41) is 6.00. The van der Waals surface area contributed by atoms with Gasteiger partial charge in [0.2, 0.25) is 0 Å². The van der Waals surface area contributed by atoms with Gasteiger partial charge in [0.1, 0.15) is 5.69 Å². The SMILES string of the molecule is Cc1nc(C(F)(F)F)ccc1C(=O)NCCCN1CCNCC1. The van der Waals surface area contributed by atoms with Gasteiger partial charge >= 0.3 is 6.18 Å². The van der Waals surface area contributed by atoms with Gasteiger partial charge in [0, 0.05) is 32.7 Å². The molecule has 0 aromatic carbocycles. The van der Waals surface area contributed by atoms with E-state index in [4.69, 9.17) is 0 Å². The van der Waals surface area contributed by atoms with Crippen LogP contribution in [0, 0.1) is 6.92 Å². The minimum atomic E-state index is -4.50. The van der Waals surface area contributed by atoms with E-state index in [1.54, 1.807) is 0 Å². The molecule has 8 heteroatoms. The Balaban J connectivity index is 1.81. The van der Waals surface area contributed by atoms with Crippen LogP contribution in [-0.4, -0.2) is 55.1 Å². The molecule has 0 radical (unpaired) electrons. The average molecular weight is 330 g/mol. The number of aryl methyl sites for hydroxylation is 1. The normalized spacial score (nSPS) is 16.3. The summed E-state index contributed by atoms with van der Waals surface area (Å²) >= 11 is 0. The molecule has 0 bridgehead atoms. The third-order valence-corrected chi connectivity index (χ3v) is 3.77. The molecule has 1 amide bonds. The number of nitrogens with one attached hydrogen (secondary N) is 2. The van der Waals surface area contributed by atoms with E-state index < -0.39 is 11.9 Å². The third kappa shape index (κ3) is 5.18. The molecular weight excluding hydrogens is 309 g/mol. The molecule has 0 spiro atoms. The molecule has 0 atom stereocenters. The molecule has 1 fully saturated rings. The van der Waals surface area contributed by atoms with Gasteiger partial charge in [0.25, 0.3) is 5.91 Å². The van der Waals surface area contributed by atoms with Gasteiger partial charge in [-0.15, -0.1) is 0 Å². The number of amides is 1. The van der Waals surface area contributed by atoms with Crippen LogP contribution in [0.5, 0.6) is 0 Å². The number of hydrogen-bond acceptors (Lipinski definition) is 4. The van der Waals surface area contributed by atoms with E-state index >= 15 is 0 Å². The van der Waals surface area contributed by atoms with Crippen LogP contribution in [0.25, 0.3) is 0 Å². The molecule has 5 nitrogen and oxygen atoms in total. The van der Waals surface area contributed by atoms with Gasteiger partial charge in [-0.1, -0.05) is 0 Å². The van der Waals surface area contributed by atoms with Crippen molar-refractivity contribution in [3.63, 3.8) is 0 Å². The average Bonchev–Trinajstić information content (AvgIpc) is 2.51. The number of nitrogens with zero attached hydrogens (tertiary/aromatic N) is 2. The molecular formula is C15H21F3N4O. The highest BCUT2D eigenvalue weighted by atomic mass is 19.4. The summed E-state index contributed by atoms with van der Waals surface area (Å²) in [6, 6.07) is 2.01. The molecule has 2 heterocycles. The van der Waals surface area contributed by atoms with E-state index in [-0.39, 0.29) is 17.2 Å². The van der Waals surface area contributed by atoms with E-state index in [0.29, 0.717) is 6.54 Å².